The van der Waals surface area contributed by atoms with Crippen LogP contribution in [0.15, 0.2) is 30.3 Å². The summed E-state index contributed by atoms with van der Waals surface area (Å²) in [6.45, 7) is 0. The molecule has 0 radical (unpaired) electrons. The Labute approximate surface area is 92.6 Å². The monoisotopic (exact) mass is 217 g/mol. The van der Waals surface area contributed by atoms with Crippen molar-refractivity contribution in [1.29, 1.82) is 0 Å². The van der Waals surface area contributed by atoms with Gasteiger partial charge >= 0.3 is 0 Å². The molecule has 4 heteroatoms. The van der Waals surface area contributed by atoms with Crippen LogP contribution in [0.5, 0.6) is 0 Å². The Hall–Kier alpha value is -1.97. The van der Waals surface area contributed by atoms with Crippen LogP contribution < -0.4 is 5.32 Å². The van der Waals surface area contributed by atoms with Crippen molar-refractivity contribution in [2.45, 2.75) is 12.8 Å². The van der Waals surface area contributed by atoms with E-state index < -0.39 is 11.8 Å². The zero-order valence-electron chi connectivity index (χ0n) is 8.60. The Morgan fingerprint density at radius 2 is 1.94 bits per heavy atom. The van der Waals surface area contributed by atoms with E-state index in [-0.39, 0.29) is 24.5 Å². The van der Waals surface area contributed by atoms with Gasteiger partial charge in [-0.05, 0) is 5.56 Å². The summed E-state index contributed by atoms with van der Waals surface area (Å²) in [5, 5.41) is 2.13. The summed E-state index contributed by atoms with van der Waals surface area (Å²) in [6.07, 6.45) is 0.191. The van der Waals surface area contributed by atoms with Crippen LogP contribution in [0.1, 0.15) is 12.0 Å². The number of rotatable bonds is 3. The molecule has 1 aromatic rings. The third-order valence-electron chi connectivity index (χ3n) is 2.58. The molecule has 1 unspecified atom stereocenters. The van der Waals surface area contributed by atoms with Crippen LogP contribution in [0.25, 0.3) is 0 Å². The highest BCUT2D eigenvalue weighted by Crippen LogP contribution is 2.14. The highest BCUT2D eigenvalue weighted by molar-refractivity contribution is 6.14. The first-order chi connectivity index (χ1) is 7.66. The number of benzene rings is 1. The minimum Gasteiger partial charge on any atom is -0.298 e. The van der Waals surface area contributed by atoms with Gasteiger partial charge in [0.25, 0.3) is 0 Å². The van der Waals surface area contributed by atoms with Crippen LogP contribution in [-0.4, -0.2) is 17.6 Å². The SMILES string of the molecule is O=C1CC(C(=O)Cc2ccccc2)C(=O)N1. The van der Waals surface area contributed by atoms with Gasteiger partial charge < -0.3 is 0 Å². The predicted octanol–water partition coefficient (Wildman–Crippen LogP) is 0.461. The first-order valence-electron chi connectivity index (χ1n) is 5.07. The maximum Gasteiger partial charge on any atom is 0.237 e. The summed E-state index contributed by atoms with van der Waals surface area (Å²) < 4.78 is 0. The number of Topliss-reactive ketones (excluding diaryl/α,β-unsaturated/α-hetero) is 1. The smallest absolute Gasteiger partial charge is 0.237 e. The van der Waals surface area contributed by atoms with E-state index in [1.54, 1.807) is 0 Å². The number of nitrogens with one attached hydrogen (secondary N) is 1. The van der Waals surface area contributed by atoms with E-state index in [1.165, 1.54) is 0 Å². The molecule has 0 aromatic heterocycles. The summed E-state index contributed by atoms with van der Waals surface area (Å²) >= 11 is 0. The minimum atomic E-state index is -0.798. The van der Waals surface area contributed by atoms with Crippen molar-refractivity contribution >= 4 is 17.6 Å². The average molecular weight is 217 g/mol. The van der Waals surface area contributed by atoms with E-state index in [4.69, 9.17) is 0 Å². The fourth-order valence-electron chi connectivity index (χ4n) is 1.73. The largest absolute Gasteiger partial charge is 0.298 e. The van der Waals surface area contributed by atoms with Crippen LogP contribution >= 0.6 is 0 Å². The molecular weight excluding hydrogens is 206 g/mol. The first-order valence-corrected chi connectivity index (χ1v) is 5.07. The van der Waals surface area contributed by atoms with E-state index in [1.807, 2.05) is 30.3 Å². The molecule has 1 heterocycles. The van der Waals surface area contributed by atoms with Crippen molar-refractivity contribution in [1.82, 2.24) is 5.32 Å². The van der Waals surface area contributed by atoms with Gasteiger partial charge in [0.2, 0.25) is 11.8 Å². The number of hydrogen-bond acceptors (Lipinski definition) is 3. The molecule has 2 rings (SSSR count). The molecule has 16 heavy (non-hydrogen) atoms. The molecule has 0 aliphatic carbocycles. The molecular formula is C12H11NO3. The summed E-state index contributed by atoms with van der Waals surface area (Å²) in [5.74, 6) is -1.83. The summed E-state index contributed by atoms with van der Waals surface area (Å²) in [5.41, 5.74) is 0.861. The zero-order chi connectivity index (χ0) is 11.5. The normalized spacial score (nSPS) is 19.6. The molecule has 1 atom stereocenters. The number of carbonyl (C=O) groups is 3. The Morgan fingerprint density at radius 1 is 1.25 bits per heavy atom. The molecule has 0 bridgehead atoms. The van der Waals surface area contributed by atoms with Gasteiger partial charge in [0.15, 0.2) is 0 Å². The Balaban J connectivity index is 2.04. The Bertz CT molecular complexity index is 439. The van der Waals surface area contributed by atoms with E-state index in [0.717, 1.165) is 5.56 Å². The van der Waals surface area contributed by atoms with Crippen LogP contribution in [0, 0.1) is 5.92 Å². The van der Waals surface area contributed by atoms with Gasteiger partial charge in [-0.2, -0.15) is 0 Å². The second-order valence-electron chi connectivity index (χ2n) is 3.80. The quantitative estimate of drug-likeness (QED) is 0.591. The lowest BCUT2D eigenvalue weighted by Crippen LogP contribution is -2.27. The van der Waals surface area contributed by atoms with Crippen molar-refractivity contribution in [2.75, 3.05) is 0 Å². The molecule has 1 fully saturated rings. The van der Waals surface area contributed by atoms with E-state index in [2.05, 4.69) is 5.32 Å². The van der Waals surface area contributed by atoms with Gasteiger partial charge in [0.1, 0.15) is 11.7 Å². The standard InChI is InChI=1S/C12H11NO3/c14-10(6-8-4-2-1-3-5-8)9-7-11(15)13-12(9)16/h1-5,9H,6-7H2,(H,13,15,16). The van der Waals surface area contributed by atoms with Crippen molar-refractivity contribution in [2.24, 2.45) is 5.92 Å². The van der Waals surface area contributed by atoms with Crippen LogP contribution in [0.2, 0.25) is 0 Å². The van der Waals surface area contributed by atoms with Gasteiger partial charge in [-0.25, -0.2) is 0 Å². The predicted molar refractivity (Wildman–Crippen MR) is 56.4 cm³/mol. The second-order valence-corrected chi connectivity index (χ2v) is 3.80. The zero-order valence-corrected chi connectivity index (χ0v) is 8.60. The molecule has 0 spiro atoms. The van der Waals surface area contributed by atoms with Crippen molar-refractivity contribution in [3.05, 3.63) is 35.9 Å². The van der Waals surface area contributed by atoms with Crippen molar-refractivity contribution in [3.8, 4) is 0 Å². The van der Waals surface area contributed by atoms with Gasteiger partial charge in [-0.15, -0.1) is 0 Å². The van der Waals surface area contributed by atoms with Crippen LogP contribution in [0.3, 0.4) is 0 Å². The maximum absolute atomic E-state index is 11.8. The van der Waals surface area contributed by atoms with Gasteiger partial charge in [0.05, 0.1) is 0 Å². The molecule has 82 valence electrons. The molecule has 1 aliphatic heterocycles. The third-order valence-corrected chi connectivity index (χ3v) is 2.58. The number of hydrogen-bond donors (Lipinski definition) is 1. The molecule has 1 N–H and O–H groups in total. The fraction of sp³-hybridized carbons (Fsp3) is 0.250. The highest BCUT2D eigenvalue weighted by atomic mass is 16.2. The molecule has 4 nitrogen and oxygen atoms in total. The van der Waals surface area contributed by atoms with Gasteiger partial charge in [0, 0.05) is 12.8 Å². The average Bonchev–Trinajstić information content (AvgIpc) is 2.59. The number of amides is 2. The number of ketones is 1. The number of imide groups is 1. The lowest BCUT2D eigenvalue weighted by molar-refractivity contribution is -0.131. The van der Waals surface area contributed by atoms with Gasteiger partial charge in [-0.3, -0.25) is 19.7 Å². The molecule has 1 aliphatic rings. The third kappa shape index (κ3) is 2.16. The fourth-order valence-corrected chi connectivity index (χ4v) is 1.73. The van der Waals surface area contributed by atoms with Crippen LogP contribution in [-0.2, 0) is 20.8 Å². The van der Waals surface area contributed by atoms with Gasteiger partial charge in [-0.1, -0.05) is 30.3 Å². The highest BCUT2D eigenvalue weighted by Gasteiger charge is 2.35. The lowest BCUT2D eigenvalue weighted by atomic mass is 9.96. The number of carbonyl (C=O) groups excluding carboxylic acids is 3. The lowest BCUT2D eigenvalue weighted by Gasteiger charge is -2.04. The molecule has 1 saturated heterocycles. The summed E-state index contributed by atoms with van der Waals surface area (Å²) in [7, 11) is 0. The van der Waals surface area contributed by atoms with E-state index in [9.17, 15) is 14.4 Å². The van der Waals surface area contributed by atoms with Crippen molar-refractivity contribution in [3.63, 3.8) is 0 Å². The molecule has 1 aromatic carbocycles. The Kier molecular flexibility index (Phi) is 2.81. The molecule has 2 amide bonds. The molecule has 0 saturated carbocycles. The maximum atomic E-state index is 11.8. The topological polar surface area (TPSA) is 63.2 Å². The van der Waals surface area contributed by atoms with E-state index >= 15 is 0 Å². The Morgan fingerprint density at radius 3 is 2.50 bits per heavy atom. The van der Waals surface area contributed by atoms with Crippen LogP contribution in [0.4, 0.5) is 0 Å². The second kappa shape index (κ2) is 4.26. The minimum absolute atomic E-state index is 0.00942. The van der Waals surface area contributed by atoms with Crippen molar-refractivity contribution < 1.29 is 14.4 Å². The summed E-state index contributed by atoms with van der Waals surface area (Å²) in [4.78, 5) is 34.0. The van der Waals surface area contributed by atoms with E-state index in [0.29, 0.717) is 0 Å². The summed E-state index contributed by atoms with van der Waals surface area (Å²) in [6, 6.07) is 9.18. The first kappa shape index (κ1) is 10.5.